The van der Waals surface area contributed by atoms with Crippen LogP contribution in [-0.2, 0) is 4.74 Å². The Morgan fingerprint density at radius 3 is 2.83 bits per heavy atom. The maximum Gasteiger partial charge on any atom is 0.0534 e. The molecule has 1 spiro atoms. The smallest absolute Gasteiger partial charge is 0.0534 e. The molecule has 3 aliphatic rings. The molecule has 3 saturated heterocycles. The zero-order valence-electron chi connectivity index (χ0n) is 11.8. The molecule has 0 aromatic heterocycles. The first-order valence-corrected chi connectivity index (χ1v) is 7.71. The topological polar surface area (TPSA) is 24.5 Å². The lowest BCUT2D eigenvalue weighted by Gasteiger charge is -2.46. The van der Waals surface area contributed by atoms with Crippen LogP contribution in [0.25, 0.3) is 0 Å². The van der Waals surface area contributed by atoms with Gasteiger partial charge in [-0.3, -0.25) is 0 Å². The zero-order valence-corrected chi connectivity index (χ0v) is 11.8. The molecule has 0 saturated carbocycles. The summed E-state index contributed by atoms with van der Waals surface area (Å²) in [6.07, 6.45) is 6.75. The fourth-order valence-electron chi connectivity index (χ4n) is 4.22. The van der Waals surface area contributed by atoms with E-state index in [-0.39, 0.29) is 0 Å². The molecule has 2 atom stereocenters. The van der Waals surface area contributed by atoms with E-state index < -0.39 is 0 Å². The van der Waals surface area contributed by atoms with E-state index in [9.17, 15) is 0 Å². The van der Waals surface area contributed by atoms with Crippen molar-refractivity contribution in [2.75, 3.05) is 45.9 Å². The molecule has 3 rings (SSSR count). The standard InChI is InChI=1S/C15H28N2O/c1-14(6-7-16-10-14)11-17-8-2-4-15(12-17)5-3-9-18-13-15/h16H,2-13H2,1H3. The summed E-state index contributed by atoms with van der Waals surface area (Å²) < 4.78 is 5.77. The quantitative estimate of drug-likeness (QED) is 0.812. The van der Waals surface area contributed by atoms with Gasteiger partial charge in [-0.15, -0.1) is 0 Å². The summed E-state index contributed by atoms with van der Waals surface area (Å²) in [5.41, 5.74) is 1.01. The second-order valence-electron chi connectivity index (χ2n) is 7.21. The fourth-order valence-corrected chi connectivity index (χ4v) is 4.22. The van der Waals surface area contributed by atoms with Gasteiger partial charge in [0.1, 0.15) is 0 Å². The van der Waals surface area contributed by atoms with Gasteiger partial charge < -0.3 is 15.0 Å². The Bertz CT molecular complexity index is 275. The van der Waals surface area contributed by atoms with E-state index in [2.05, 4.69) is 17.1 Å². The monoisotopic (exact) mass is 252 g/mol. The van der Waals surface area contributed by atoms with E-state index >= 15 is 0 Å². The van der Waals surface area contributed by atoms with E-state index in [1.54, 1.807) is 0 Å². The molecular formula is C15H28N2O. The molecule has 3 fully saturated rings. The Hall–Kier alpha value is -0.120. The highest BCUT2D eigenvalue weighted by Crippen LogP contribution is 2.38. The predicted octanol–water partition coefficient (Wildman–Crippen LogP) is 1.88. The molecule has 0 aromatic carbocycles. The third kappa shape index (κ3) is 2.73. The number of likely N-dealkylation sites (tertiary alicyclic amines) is 1. The van der Waals surface area contributed by atoms with Crippen molar-refractivity contribution >= 4 is 0 Å². The summed E-state index contributed by atoms with van der Waals surface area (Å²) in [7, 11) is 0. The molecule has 1 N–H and O–H groups in total. The van der Waals surface area contributed by atoms with Gasteiger partial charge in [0.25, 0.3) is 0 Å². The van der Waals surface area contributed by atoms with Crippen LogP contribution in [0.2, 0.25) is 0 Å². The van der Waals surface area contributed by atoms with Crippen molar-refractivity contribution in [3.63, 3.8) is 0 Å². The summed E-state index contributed by atoms with van der Waals surface area (Å²) >= 11 is 0. The van der Waals surface area contributed by atoms with Crippen molar-refractivity contribution in [1.29, 1.82) is 0 Å². The van der Waals surface area contributed by atoms with Gasteiger partial charge in [-0.2, -0.15) is 0 Å². The molecule has 0 bridgehead atoms. The van der Waals surface area contributed by atoms with E-state index in [4.69, 9.17) is 4.74 Å². The highest BCUT2D eigenvalue weighted by atomic mass is 16.5. The summed E-state index contributed by atoms with van der Waals surface area (Å²) in [5.74, 6) is 0. The maximum absolute atomic E-state index is 5.77. The molecule has 0 radical (unpaired) electrons. The summed E-state index contributed by atoms with van der Waals surface area (Å²) in [6.45, 7) is 10.7. The number of ether oxygens (including phenoxy) is 1. The van der Waals surface area contributed by atoms with Crippen LogP contribution in [0.3, 0.4) is 0 Å². The Balaban J connectivity index is 1.59. The molecule has 0 amide bonds. The molecular weight excluding hydrogens is 224 g/mol. The Labute approximate surface area is 111 Å². The fraction of sp³-hybridized carbons (Fsp3) is 1.00. The molecule has 18 heavy (non-hydrogen) atoms. The van der Waals surface area contributed by atoms with Crippen molar-refractivity contribution in [2.24, 2.45) is 10.8 Å². The van der Waals surface area contributed by atoms with Crippen LogP contribution in [-0.4, -0.2) is 50.8 Å². The predicted molar refractivity (Wildman–Crippen MR) is 73.8 cm³/mol. The molecule has 0 aromatic rings. The number of hydrogen-bond donors (Lipinski definition) is 1. The van der Waals surface area contributed by atoms with Gasteiger partial charge >= 0.3 is 0 Å². The summed E-state index contributed by atoms with van der Waals surface area (Å²) in [6, 6.07) is 0. The molecule has 3 nitrogen and oxygen atoms in total. The molecule has 0 aliphatic carbocycles. The van der Waals surface area contributed by atoms with Crippen LogP contribution in [0.15, 0.2) is 0 Å². The average Bonchev–Trinajstić information content (AvgIpc) is 2.77. The molecule has 3 aliphatic heterocycles. The minimum absolute atomic E-state index is 0.499. The van der Waals surface area contributed by atoms with E-state index in [1.807, 2.05) is 0 Å². The van der Waals surface area contributed by atoms with Crippen LogP contribution in [0.1, 0.15) is 39.0 Å². The van der Waals surface area contributed by atoms with Gasteiger partial charge in [-0.05, 0) is 50.6 Å². The highest BCUT2D eigenvalue weighted by molar-refractivity contribution is 4.93. The minimum Gasteiger partial charge on any atom is -0.381 e. The normalized spacial score (nSPS) is 42.5. The lowest BCUT2D eigenvalue weighted by Crippen LogP contribution is -2.50. The number of hydrogen-bond acceptors (Lipinski definition) is 3. The van der Waals surface area contributed by atoms with Crippen molar-refractivity contribution in [3.05, 3.63) is 0 Å². The van der Waals surface area contributed by atoms with Crippen LogP contribution in [0, 0.1) is 10.8 Å². The van der Waals surface area contributed by atoms with Gasteiger partial charge in [0, 0.05) is 31.7 Å². The Morgan fingerprint density at radius 2 is 2.11 bits per heavy atom. The summed E-state index contributed by atoms with van der Waals surface area (Å²) in [5, 5.41) is 3.52. The average molecular weight is 252 g/mol. The van der Waals surface area contributed by atoms with E-state index in [0.29, 0.717) is 10.8 Å². The number of nitrogens with zero attached hydrogens (tertiary/aromatic N) is 1. The van der Waals surface area contributed by atoms with Gasteiger partial charge in [0.05, 0.1) is 6.61 Å². The van der Waals surface area contributed by atoms with Crippen LogP contribution >= 0.6 is 0 Å². The van der Waals surface area contributed by atoms with Crippen LogP contribution in [0.5, 0.6) is 0 Å². The zero-order chi connectivity index (χ0) is 12.5. The van der Waals surface area contributed by atoms with Crippen molar-refractivity contribution in [3.8, 4) is 0 Å². The van der Waals surface area contributed by atoms with Crippen molar-refractivity contribution in [1.82, 2.24) is 10.2 Å². The van der Waals surface area contributed by atoms with Crippen molar-refractivity contribution < 1.29 is 4.74 Å². The van der Waals surface area contributed by atoms with Crippen LogP contribution < -0.4 is 5.32 Å². The molecule has 104 valence electrons. The number of nitrogens with one attached hydrogen (secondary N) is 1. The lowest BCUT2D eigenvalue weighted by atomic mass is 9.75. The van der Waals surface area contributed by atoms with Gasteiger partial charge in [0.2, 0.25) is 0 Å². The Morgan fingerprint density at radius 1 is 1.22 bits per heavy atom. The first-order chi connectivity index (χ1) is 8.70. The molecule has 3 heterocycles. The largest absolute Gasteiger partial charge is 0.381 e. The third-order valence-corrected chi connectivity index (χ3v) is 5.21. The molecule has 2 unspecified atom stereocenters. The van der Waals surface area contributed by atoms with E-state index in [0.717, 1.165) is 13.2 Å². The summed E-state index contributed by atoms with van der Waals surface area (Å²) in [4.78, 5) is 2.73. The lowest BCUT2D eigenvalue weighted by molar-refractivity contribution is -0.0545. The van der Waals surface area contributed by atoms with E-state index in [1.165, 1.54) is 64.8 Å². The van der Waals surface area contributed by atoms with Gasteiger partial charge in [-0.1, -0.05) is 6.92 Å². The minimum atomic E-state index is 0.499. The van der Waals surface area contributed by atoms with Crippen LogP contribution in [0.4, 0.5) is 0 Å². The Kier molecular flexibility index (Phi) is 3.65. The first kappa shape index (κ1) is 12.9. The van der Waals surface area contributed by atoms with Gasteiger partial charge in [0.15, 0.2) is 0 Å². The maximum atomic E-state index is 5.77. The van der Waals surface area contributed by atoms with Gasteiger partial charge in [-0.25, -0.2) is 0 Å². The third-order valence-electron chi connectivity index (χ3n) is 5.21. The first-order valence-electron chi connectivity index (χ1n) is 7.71. The highest BCUT2D eigenvalue weighted by Gasteiger charge is 2.39. The van der Waals surface area contributed by atoms with Crippen molar-refractivity contribution in [2.45, 2.75) is 39.0 Å². The number of rotatable bonds is 2. The SMILES string of the molecule is CC1(CN2CCCC3(CCCOC3)C2)CCNC1. The molecule has 3 heteroatoms. The number of piperidine rings is 1. The second-order valence-corrected chi connectivity index (χ2v) is 7.21. The second kappa shape index (κ2) is 5.10.